The van der Waals surface area contributed by atoms with Gasteiger partial charge in [0.05, 0.1) is 0 Å². The molecule has 5 heteroatoms. The first-order valence-corrected chi connectivity index (χ1v) is 4.56. The van der Waals surface area contributed by atoms with E-state index >= 15 is 0 Å². The molecule has 0 aromatic carbocycles. The minimum atomic E-state index is -0.865. The van der Waals surface area contributed by atoms with Crippen LogP contribution in [0.3, 0.4) is 0 Å². The van der Waals surface area contributed by atoms with Crippen molar-refractivity contribution in [2.24, 2.45) is 0 Å². The summed E-state index contributed by atoms with van der Waals surface area (Å²) >= 11 is 0. The zero-order chi connectivity index (χ0) is 11.8. The van der Waals surface area contributed by atoms with Gasteiger partial charge in [-0.1, -0.05) is 6.08 Å². The SMILES string of the molecule is C=C[C@@H](O)[C@H](OC)[C@H](COC(C)=O)OC. The summed E-state index contributed by atoms with van der Waals surface area (Å²) in [5.74, 6) is -0.403. The van der Waals surface area contributed by atoms with Crippen molar-refractivity contribution in [3.05, 3.63) is 12.7 Å². The first-order valence-electron chi connectivity index (χ1n) is 4.56. The highest BCUT2D eigenvalue weighted by Gasteiger charge is 2.27. The number of esters is 1. The second kappa shape index (κ2) is 7.39. The fraction of sp³-hybridized carbons (Fsp3) is 0.700. The van der Waals surface area contributed by atoms with Gasteiger partial charge in [0, 0.05) is 21.1 Å². The largest absolute Gasteiger partial charge is 0.463 e. The number of hydrogen-bond donors (Lipinski definition) is 1. The molecule has 0 aliphatic carbocycles. The fourth-order valence-corrected chi connectivity index (χ4v) is 1.14. The lowest BCUT2D eigenvalue weighted by atomic mass is 10.1. The van der Waals surface area contributed by atoms with Crippen LogP contribution in [-0.4, -0.2) is 50.2 Å². The van der Waals surface area contributed by atoms with Crippen LogP contribution in [0.4, 0.5) is 0 Å². The summed E-state index contributed by atoms with van der Waals surface area (Å²) < 4.78 is 14.9. The Morgan fingerprint density at radius 2 is 2.07 bits per heavy atom. The van der Waals surface area contributed by atoms with Crippen LogP contribution >= 0.6 is 0 Å². The van der Waals surface area contributed by atoms with Gasteiger partial charge in [-0.25, -0.2) is 0 Å². The van der Waals surface area contributed by atoms with Gasteiger partial charge < -0.3 is 19.3 Å². The molecule has 0 heterocycles. The van der Waals surface area contributed by atoms with E-state index in [9.17, 15) is 9.90 Å². The Balaban J connectivity index is 4.32. The number of aliphatic hydroxyl groups excluding tert-OH is 1. The molecule has 88 valence electrons. The van der Waals surface area contributed by atoms with E-state index in [0.29, 0.717) is 0 Å². The molecule has 0 unspecified atom stereocenters. The van der Waals surface area contributed by atoms with Crippen molar-refractivity contribution in [3.8, 4) is 0 Å². The first kappa shape index (κ1) is 14.1. The highest BCUT2D eigenvalue weighted by atomic mass is 16.6. The van der Waals surface area contributed by atoms with Crippen LogP contribution in [0, 0.1) is 0 Å². The summed E-state index contributed by atoms with van der Waals surface area (Å²) in [6, 6.07) is 0. The molecule has 15 heavy (non-hydrogen) atoms. The Morgan fingerprint density at radius 3 is 2.40 bits per heavy atom. The van der Waals surface area contributed by atoms with Gasteiger partial charge in [0.1, 0.15) is 24.9 Å². The van der Waals surface area contributed by atoms with Crippen molar-refractivity contribution < 1.29 is 24.1 Å². The van der Waals surface area contributed by atoms with E-state index in [1.54, 1.807) is 0 Å². The second-order valence-corrected chi connectivity index (χ2v) is 3.00. The number of hydrogen-bond acceptors (Lipinski definition) is 5. The normalized spacial score (nSPS) is 16.5. The van der Waals surface area contributed by atoms with Crippen LogP contribution < -0.4 is 0 Å². The fourth-order valence-electron chi connectivity index (χ4n) is 1.14. The van der Waals surface area contributed by atoms with Gasteiger partial charge in [-0.2, -0.15) is 0 Å². The molecule has 0 saturated heterocycles. The molecule has 0 bridgehead atoms. The highest BCUT2D eigenvalue weighted by molar-refractivity contribution is 5.65. The van der Waals surface area contributed by atoms with E-state index in [2.05, 4.69) is 6.58 Å². The van der Waals surface area contributed by atoms with Crippen molar-refractivity contribution >= 4 is 5.97 Å². The van der Waals surface area contributed by atoms with E-state index in [1.807, 2.05) is 0 Å². The average molecular weight is 218 g/mol. The molecule has 0 aliphatic rings. The van der Waals surface area contributed by atoms with Gasteiger partial charge in [0.25, 0.3) is 0 Å². The summed E-state index contributed by atoms with van der Waals surface area (Å²) in [6.07, 6.45) is -0.650. The lowest BCUT2D eigenvalue weighted by Gasteiger charge is -2.26. The lowest BCUT2D eigenvalue weighted by molar-refractivity contribution is -0.151. The molecule has 0 aromatic heterocycles. The second-order valence-electron chi connectivity index (χ2n) is 3.00. The molecule has 0 radical (unpaired) electrons. The Labute approximate surface area is 89.6 Å². The van der Waals surface area contributed by atoms with Crippen LogP contribution in [0.5, 0.6) is 0 Å². The summed E-state index contributed by atoms with van der Waals surface area (Å²) in [6.45, 7) is 4.79. The maximum absolute atomic E-state index is 10.6. The molecular weight excluding hydrogens is 200 g/mol. The van der Waals surface area contributed by atoms with E-state index < -0.39 is 24.3 Å². The minimum Gasteiger partial charge on any atom is -0.463 e. The smallest absolute Gasteiger partial charge is 0.302 e. The molecular formula is C10H18O5. The summed E-state index contributed by atoms with van der Waals surface area (Å²) in [4.78, 5) is 10.6. The zero-order valence-electron chi connectivity index (χ0n) is 9.30. The molecule has 0 rings (SSSR count). The predicted molar refractivity (Wildman–Crippen MR) is 54.4 cm³/mol. The Bertz CT molecular complexity index is 204. The van der Waals surface area contributed by atoms with Gasteiger partial charge >= 0.3 is 5.97 Å². The number of carbonyl (C=O) groups is 1. The maximum Gasteiger partial charge on any atom is 0.302 e. The number of rotatable bonds is 7. The molecule has 1 N–H and O–H groups in total. The molecule has 0 aliphatic heterocycles. The summed E-state index contributed by atoms with van der Waals surface area (Å²) in [5.41, 5.74) is 0. The van der Waals surface area contributed by atoms with E-state index in [1.165, 1.54) is 27.2 Å². The number of aliphatic hydroxyl groups is 1. The first-order chi connectivity index (χ1) is 7.06. The minimum absolute atomic E-state index is 0.0369. The number of ether oxygens (including phenoxy) is 3. The Hall–Kier alpha value is -0.910. The molecule has 0 aromatic rings. The van der Waals surface area contributed by atoms with Gasteiger partial charge in [-0.15, -0.1) is 6.58 Å². The van der Waals surface area contributed by atoms with Crippen LogP contribution in [0.2, 0.25) is 0 Å². The van der Waals surface area contributed by atoms with Gasteiger partial charge in [-0.3, -0.25) is 4.79 Å². The van der Waals surface area contributed by atoms with Crippen LogP contribution in [0.15, 0.2) is 12.7 Å². The summed E-state index contributed by atoms with van der Waals surface area (Å²) in [7, 11) is 2.90. The Morgan fingerprint density at radius 1 is 1.47 bits per heavy atom. The zero-order valence-corrected chi connectivity index (χ0v) is 9.30. The predicted octanol–water partition coefficient (Wildman–Crippen LogP) is 0.126. The highest BCUT2D eigenvalue weighted by Crippen LogP contribution is 2.09. The topological polar surface area (TPSA) is 65.0 Å². The lowest BCUT2D eigenvalue weighted by Crippen LogP contribution is -2.42. The van der Waals surface area contributed by atoms with Crippen LogP contribution in [0.25, 0.3) is 0 Å². The number of carbonyl (C=O) groups excluding carboxylic acids is 1. The molecule has 5 nitrogen and oxygen atoms in total. The third-order valence-corrected chi connectivity index (χ3v) is 1.97. The third-order valence-electron chi connectivity index (χ3n) is 1.97. The molecule has 0 spiro atoms. The van der Waals surface area contributed by atoms with Crippen molar-refractivity contribution in [1.82, 2.24) is 0 Å². The molecule has 3 atom stereocenters. The average Bonchev–Trinajstić information content (AvgIpc) is 2.22. The van der Waals surface area contributed by atoms with Gasteiger partial charge in [0.15, 0.2) is 0 Å². The molecule has 0 amide bonds. The summed E-state index contributed by atoms with van der Waals surface area (Å²) in [5, 5.41) is 9.52. The van der Waals surface area contributed by atoms with Crippen molar-refractivity contribution in [2.45, 2.75) is 25.2 Å². The molecule has 0 fully saturated rings. The van der Waals surface area contributed by atoms with Crippen LogP contribution in [0.1, 0.15) is 6.92 Å². The van der Waals surface area contributed by atoms with E-state index in [-0.39, 0.29) is 6.61 Å². The van der Waals surface area contributed by atoms with Gasteiger partial charge in [-0.05, 0) is 0 Å². The molecule has 0 saturated carbocycles. The monoisotopic (exact) mass is 218 g/mol. The van der Waals surface area contributed by atoms with Gasteiger partial charge in [0.2, 0.25) is 0 Å². The van der Waals surface area contributed by atoms with Crippen LogP contribution in [-0.2, 0) is 19.0 Å². The quantitative estimate of drug-likeness (QED) is 0.486. The van der Waals surface area contributed by atoms with Crippen molar-refractivity contribution in [2.75, 3.05) is 20.8 Å². The maximum atomic E-state index is 10.6. The van der Waals surface area contributed by atoms with Crippen molar-refractivity contribution in [3.63, 3.8) is 0 Å². The third kappa shape index (κ3) is 4.92. The Kier molecular flexibility index (Phi) is 6.94. The van der Waals surface area contributed by atoms with Crippen molar-refractivity contribution in [1.29, 1.82) is 0 Å². The number of methoxy groups -OCH3 is 2. The standard InChI is InChI=1S/C10H18O5/c1-5-8(12)10(14-4)9(13-3)6-15-7(2)11/h5,8-10,12H,1,6H2,2-4H3/t8-,9+,10+/m1/s1. The van der Waals surface area contributed by atoms with E-state index in [0.717, 1.165) is 0 Å². The van der Waals surface area contributed by atoms with E-state index in [4.69, 9.17) is 14.2 Å².